The zero-order valence-electron chi connectivity index (χ0n) is 10.9. The van der Waals surface area contributed by atoms with Gasteiger partial charge in [-0.3, -0.25) is 4.79 Å². The normalized spacial score (nSPS) is 13.6. The van der Waals surface area contributed by atoms with Gasteiger partial charge in [0.1, 0.15) is 10.7 Å². The average molecular weight is 286 g/mol. The maximum atomic E-state index is 12.6. The van der Waals surface area contributed by atoms with E-state index in [-0.39, 0.29) is 5.91 Å². The highest BCUT2D eigenvalue weighted by Gasteiger charge is 2.24. The van der Waals surface area contributed by atoms with Crippen molar-refractivity contribution >= 4 is 17.2 Å². The van der Waals surface area contributed by atoms with Crippen LogP contribution in [0.2, 0.25) is 0 Å². The van der Waals surface area contributed by atoms with Crippen molar-refractivity contribution in [3.8, 4) is 11.8 Å². The van der Waals surface area contributed by atoms with Gasteiger partial charge in [-0.05, 0) is 11.4 Å². The molecule has 0 aliphatic carbocycles. The number of imidazole rings is 1. The van der Waals surface area contributed by atoms with Gasteiger partial charge in [0.2, 0.25) is 0 Å². The largest absolute Gasteiger partial charge is 0.332 e. The summed E-state index contributed by atoms with van der Waals surface area (Å²) in [4.78, 5) is 19.4. The van der Waals surface area contributed by atoms with Crippen LogP contribution in [-0.2, 0) is 13.1 Å². The molecule has 5 nitrogen and oxygen atoms in total. The number of fused-ring (bicyclic) bond motifs is 1. The Labute approximate surface area is 121 Å². The van der Waals surface area contributed by atoms with Crippen LogP contribution in [0, 0.1) is 11.8 Å². The second-order valence-electron chi connectivity index (χ2n) is 4.43. The van der Waals surface area contributed by atoms with Gasteiger partial charge in [-0.25, -0.2) is 4.98 Å². The lowest BCUT2D eigenvalue weighted by molar-refractivity contribution is 0.0712. The van der Waals surface area contributed by atoms with Gasteiger partial charge in [-0.1, -0.05) is 11.8 Å². The molecule has 2 aromatic heterocycles. The number of nitrogens with two attached hydrogens (primary N) is 1. The third-order valence-corrected chi connectivity index (χ3v) is 4.12. The molecule has 6 heteroatoms. The van der Waals surface area contributed by atoms with Gasteiger partial charge in [-0.15, -0.1) is 11.3 Å². The first-order valence-corrected chi connectivity index (χ1v) is 7.23. The molecule has 0 saturated heterocycles. The van der Waals surface area contributed by atoms with Crippen molar-refractivity contribution in [2.75, 3.05) is 13.1 Å². The monoisotopic (exact) mass is 286 g/mol. The number of hydrogen-bond acceptors (Lipinski definition) is 4. The smallest absolute Gasteiger partial charge is 0.265 e. The lowest BCUT2D eigenvalue weighted by atomic mass is 10.2. The Bertz CT molecular complexity index is 691. The topological polar surface area (TPSA) is 64.2 Å². The predicted octanol–water partition coefficient (Wildman–Crippen LogP) is 0.911. The molecule has 0 fully saturated rings. The molecule has 20 heavy (non-hydrogen) atoms. The molecule has 1 aliphatic heterocycles. The molecule has 0 bridgehead atoms. The van der Waals surface area contributed by atoms with Gasteiger partial charge in [0.15, 0.2) is 0 Å². The van der Waals surface area contributed by atoms with Crippen LogP contribution >= 0.6 is 11.3 Å². The maximum absolute atomic E-state index is 12.6. The number of thiophene rings is 1. The third-order valence-electron chi connectivity index (χ3n) is 3.22. The Morgan fingerprint density at radius 2 is 2.40 bits per heavy atom. The minimum atomic E-state index is 0.0237. The molecule has 0 spiro atoms. The van der Waals surface area contributed by atoms with Crippen LogP contribution in [-0.4, -0.2) is 33.4 Å². The Morgan fingerprint density at radius 1 is 1.50 bits per heavy atom. The summed E-state index contributed by atoms with van der Waals surface area (Å²) in [6.45, 7) is 2.33. The van der Waals surface area contributed by atoms with Gasteiger partial charge in [0.05, 0.1) is 13.1 Å². The number of nitrogens with zero attached hydrogens (tertiary/aromatic N) is 3. The number of carbonyl (C=O) groups excluding carboxylic acids is 1. The zero-order valence-corrected chi connectivity index (χ0v) is 11.7. The fourth-order valence-electron chi connectivity index (χ4n) is 2.21. The minimum Gasteiger partial charge on any atom is -0.332 e. The van der Waals surface area contributed by atoms with Crippen molar-refractivity contribution < 1.29 is 4.79 Å². The van der Waals surface area contributed by atoms with Gasteiger partial charge in [0, 0.05) is 31.0 Å². The van der Waals surface area contributed by atoms with E-state index in [1.807, 2.05) is 22.5 Å². The molecule has 2 N–H and O–H groups in total. The second kappa shape index (κ2) is 5.49. The third kappa shape index (κ3) is 2.33. The fourth-order valence-corrected chi connectivity index (χ4v) is 3.03. The molecule has 3 rings (SSSR count). The van der Waals surface area contributed by atoms with E-state index in [0.29, 0.717) is 24.5 Å². The van der Waals surface area contributed by atoms with Crippen LogP contribution in [0.25, 0.3) is 0 Å². The molecule has 0 radical (unpaired) electrons. The molecule has 0 atom stereocenters. The second-order valence-corrected chi connectivity index (χ2v) is 5.35. The quantitative estimate of drug-likeness (QED) is 0.793. The summed E-state index contributed by atoms with van der Waals surface area (Å²) in [6.07, 6.45) is 3.72. The molecule has 0 unspecified atom stereocenters. The Hall–Kier alpha value is -2.10. The molecule has 1 aliphatic rings. The van der Waals surface area contributed by atoms with E-state index < -0.39 is 0 Å². The highest BCUT2D eigenvalue weighted by molar-refractivity contribution is 7.12. The number of carbonyl (C=O) groups is 1. The van der Waals surface area contributed by atoms with Crippen LogP contribution in [0.5, 0.6) is 0 Å². The molecule has 0 aromatic carbocycles. The van der Waals surface area contributed by atoms with E-state index in [4.69, 9.17) is 5.73 Å². The van der Waals surface area contributed by atoms with Crippen LogP contribution in [0.15, 0.2) is 23.8 Å². The Kier molecular flexibility index (Phi) is 3.54. The number of aromatic nitrogens is 2. The summed E-state index contributed by atoms with van der Waals surface area (Å²) in [7, 11) is 0. The first-order valence-electron chi connectivity index (χ1n) is 6.35. The first kappa shape index (κ1) is 12.9. The van der Waals surface area contributed by atoms with Crippen molar-refractivity contribution in [3.05, 3.63) is 40.1 Å². The summed E-state index contributed by atoms with van der Waals surface area (Å²) in [5.41, 5.74) is 6.14. The van der Waals surface area contributed by atoms with E-state index >= 15 is 0 Å². The van der Waals surface area contributed by atoms with Crippen LogP contribution in [0.4, 0.5) is 0 Å². The summed E-state index contributed by atoms with van der Waals surface area (Å²) >= 11 is 1.42. The SMILES string of the molecule is NCC#Cc1ccsc1C(=O)N1CCn2ccnc2C1. The van der Waals surface area contributed by atoms with E-state index in [1.165, 1.54) is 11.3 Å². The molecule has 0 saturated carbocycles. The van der Waals surface area contributed by atoms with E-state index in [0.717, 1.165) is 17.9 Å². The van der Waals surface area contributed by atoms with Gasteiger partial charge in [-0.2, -0.15) is 0 Å². The summed E-state index contributed by atoms with van der Waals surface area (Å²) < 4.78 is 2.08. The summed E-state index contributed by atoms with van der Waals surface area (Å²) in [5.74, 6) is 6.70. The van der Waals surface area contributed by atoms with E-state index in [2.05, 4.69) is 21.4 Å². The maximum Gasteiger partial charge on any atom is 0.265 e. The number of hydrogen-bond donors (Lipinski definition) is 1. The number of rotatable bonds is 1. The first-order chi connectivity index (χ1) is 9.79. The van der Waals surface area contributed by atoms with Crippen molar-refractivity contribution in [1.82, 2.24) is 14.5 Å². The van der Waals surface area contributed by atoms with E-state index in [9.17, 15) is 4.79 Å². The van der Waals surface area contributed by atoms with Crippen molar-refractivity contribution in [2.45, 2.75) is 13.1 Å². The fraction of sp³-hybridized carbons (Fsp3) is 0.286. The summed E-state index contributed by atoms with van der Waals surface area (Å²) in [5, 5.41) is 1.89. The minimum absolute atomic E-state index is 0.0237. The average Bonchev–Trinajstić information content (AvgIpc) is 3.12. The molecule has 2 aromatic rings. The lowest BCUT2D eigenvalue weighted by Crippen LogP contribution is -2.38. The molecular weight excluding hydrogens is 272 g/mol. The lowest BCUT2D eigenvalue weighted by Gasteiger charge is -2.27. The Balaban J connectivity index is 1.82. The van der Waals surface area contributed by atoms with E-state index in [1.54, 1.807) is 6.20 Å². The van der Waals surface area contributed by atoms with Gasteiger partial charge < -0.3 is 15.2 Å². The van der Waals surface area contributed by atoms with Gasteiger partial charge in [0.25, 0.3) is 5.91 Å². The van der Waals surface area contributed by atoms with Crippen molar-refractivity contribution in [1.29, 1.82) is 0 Å². The van der Waals surface area contributed by atoms with Gasteiger partial charge >= 0.3 is 0 Å². The molecule has 1 amide bonds. The van der Waals surface area contributed by atoms with Crippen molar-refractivity contribution in [2.24, 2.45) is 5.73 Å². The van der Waals surface area contributed by atoms with Crippen LogP contribution < -0.4 is 5.73 Å². The highest BCUT2D eigenvalue weighted by atomic mass is 32.1. The Morgan fingerprint density at radius 3 is 3.25 bits per heavy atom. The number of amides is 1. The molecular formula is C14H14N4OS. The predicted molar refractivity (Wildman–Crippen MR) is 77.2 cm³/mol. The molecule has 102 valence electrons. The zero-order chi connectivity index (χ0) is 13.9. The van der Waals surface area contributed by atoms with Crippen LogP contribution in [0.3, 0.4) is 0 Å². The highest BCUT2D eigenvalue weighted by Crippen LogP contribution is 2.21. The molecule has 3 heterocycles. The summed E-state index contributed by atoms with van der Waals surface area (Å²) in [6, 6.07) is 1.87. The van der Waals surface area contributed by atoms with Crippen molar-refractivity contribution in [3.63, 3.8) is 0 Å². The standard InChI is InChI=1S/C14H14N4OS/c15-4-1-2-11-3-9-20-13(11)14(19)18-8-7-17-6-5-16-12(17)10-18/h3,5-6,9H,4,7-8,10,15H2. The van der Waals surface area contributed by atoms with Crippen LogP contribution in [0.1, 0.15) is 21.1 Å².